The van der Waals surface area contributed by atoms with Crippen molar-refractivity contribution >= 4 is 16.3 Å². The third kappa shape index (κ3) is 8.41. The molecule has 0 aliphatic rings. The molecule has 16 heavy (non-hydrogen) atoms. The summed E-state index contributed by atoms with van der Waals surface area (Å²) in [5, 5.41) is 0. The van der Waals surface area contributed by atoms with E-state index < -0.39 is 16.3 Å². The van der Waals surface area contributed by atoms with Crippen molar-refractivity contribution in [2.75, 3.05) is 32.9 Å². The van der Waals surface area contributed by atoms with Gasteiger partial charge in [-0.2, -0.15) is 13.1 Å². The van der Waals surface area contributed by atoms with Gasteiger partial charge >= 0.3 is 16.3 Å². The Morgan fingerprint density at radius 2 is 2.06 bits per heavy atom. The average Bonchev–Trinajstić information content (AvgIpc) is 2.16. The second kappa shape index (κ2) is 8.28. The average molecular weight is 255 g/mol. The van der Waals surface area contributed by atoms with E-state index in [9.17, 15) is 13.2 Å². The predicted molar refractivity (Wildman–Crippen MR) is 57.0 cm³/mol. The summed E-state index contributed by atoms with van der Waals surface area (Å²) in [4.78, 5) is 10.8. The van der Waals surface area contributed by atoms with E-state index in [-0.39, 0.29) is 19.8 Å². The molecule has 0 saturated heterocycles. The Bertz CT molecular complexity index is 292. The van der Waals surface area contributed by atoms with Gasteiger partial charge in [-0.25, -0.2) is 9.52 Å². The van der Waals surface area contributed by atoms with Crippen LogP contribution in [0, 0.1) is 0 Å². The zero-order valence-corrected chi connectivity index (χ0v) is 9.88. The summed E-state index contributed by atoms with van der Waals surface area (Å²) < 4.78 is 35.4. The molecule has 0 radical (unpaired) electrons. The molecule has 9 heteroatoms. The molecule has 0 saturated carbocycles. The molecule has 0 bridgehead atoms. The fourth-order valence-corrected chi connectivity index (χ4v) is 1.44. The predicted octanol–water partition coefficient (Wildman–Crippen LogP) is -1.46. The molecule has 1 amide bonds. The zero-order chi connectivity index (χ0) is 12.4. The zero-order valence-electron chi connectivity index (χ0n) is 9.06. The van der Waals surface area contributed by atoms with Gasteiger partial charge < -0.3 is 15.2 Å². The van der Waals surface area contributed by atoms with Gasteiger partial charge in [-0.1, -0.05) is 0 Å². The normalized spacial score (nSPS) is 11.1. The van der Waals surface area contributed by atoms with Crippen LogP contribution in [0.4, 0.5) is 4.79 Å². The molecule has 0 atom stereocenters. The van der Waals surface area contributed by atoms with E-state index in [1.54, 1.807) is 11.6 Å². The van der Waals surface area contributed by atoms with Crippen LogP contribution in [-0.2, 0) is 19.7 Å². The lowest BCUT2D eigenvalue weighted by Crippen LogP contribution is -2.41. The maximum atomic E-state index is 11.1. The highest BCUT2D eigenvalue weighted by Gasteiger charge is 2.13. The van der Waals surface area contributed by atoms with Crippen molar-refractivity contribution in [3.63, 3.8) is 0 Å². The van der Waals surface area contributed by atoms with E-state index in [4.69, 9.17) is 10.5 Å². The minimum absolute atomic E-state index is 0.0503. The van der Waals surface area contributed by atoms with Crippen molar-refractivity contribution in [1.82, 2.24) is 9.44 Å². The monoisotopic (exact) mass is 255 g/mol. The Labute approximate surface area is 94.7 Å². The minimum Gasteiger partial charge on any atom is -0.449 e. The van der Waals surface area contributed by atoms with Crippen LogP contribution in [0.15, 0.2) is 0 Å². The van der Waals surface area contributed by atoms with Gasteiger partial charge in [-0.05, 0) is 6.92 Å². The first-order valence-corrected chi connectivity index (χ1v) is 6.22. The molecule has 0 unspecified atom stereocenters. The molecule has 0 rings (SSSR count). The molecule has 0 aromatic heterocycles. The van der Waals surface area contributed by atoms with Crippen LogP contribution < -0.4 is 15.2 Å². The van der Waals surface area contributed by atoms with Gasteiger partial charge in [-0.15, -0.1) is 0 Å². The fourth-order valence-electron chi connectivity index (χ4n) is 0.740. The highest BCUT2D eigenvalue weighted by atomic mass is 32.2. The van der Waals surface area contributed by atoms with E-state index in [2.05, 4.69) is 9.46 Å². The van der Waals surface area contributed by atoms with Gasteiger partial charge in [-0.3, -0.25) is 0 Å². The van der Waals surface area contributed by atoms with Gasteiger partial charge in [0.05, 0.1) is 19.8 Å². The molecule has 8 nitrogen and oxygen atoms in total. The number of hydrogen-bond donors (Lipinski definition) is 3. The maximum absolute atomic E-state index is 11.1. The van der Waals surface area contributed by atoms with Crippen LogP contribution in [0.25, 0.3) is 0 Å². The summed E-state index contributed by atoms with van der Waals surface area (Å²) in [7, 11) is -3.88. The van der Waals surface area contributed by atoms with Crippen LogP contribution in [0.5, 0.6) is 0 Å². The van der Waals surface area contributed by atoms with E-state index in [0.717, 1.165) is 0 Å². The Morgan fingerprint density at radius 1 is 1.38 bits per heavy atom. The molecule has 4 N–H and O–H groups in total. The quantitative estimate of drug-likeness (QED) is 0.456. The van der Waals surface area contributed by atoms with E-state index >= 15 is 0 Å². The van der Waals surface area contributed by atoms with Crippen LogP contribution in [-0.4, -0.2) is 47.4 Å². The van der Waals surface area contributed by atoms with Gasteiger partial charge in [0.25, 0.3) is 0 Å². The lowest BCUT2D eigenvalue weighted by Gasteiger charge is -2.08. The molecule has 0 aromatic rings. The van der Waals surface area contributed by atoms with Gasteiger partial charge in [0.2, 0.25) is 0 Å². The largest absolute Gasteiger partial charge is 0.449 e. The molecular weight excluding hydrogens is 238 g/mol. The molecule has 96 valence electrons. The Kier molecular flexibility index (Phi) is 7.81. The first kappa shape index (κ1) is 15.1. The molecule has 0 aromatic carbocycles. The van der Waals surface area contributed by atoms with Crippen molar-refractivity contribution in [2.45, 2.75) is 6.92 Å². The summed E-state index contributed by atoms with van der Waals surface area (Å²) in [6, 6.07) is 0. The number of hydrogen-bond acceptors (Lipinski definition) is 6. The summed E-state index contributed by atoms with van der Waals surface area (Å²) in [6.07, 6.45) is -1.02. The van der Waals surface area contributed by atoms with Gasteiger partial charge in [0.15, 0.2) is 0 Å². The number of ether oxygens (including phenoxy) is 2. The van der Waals surface area contributed by atoms with E-state index in [1.165, 1.54) is 0 Å². The Morgan fingerprint density at radius 3 is 2.62 bits per heavy atom. The van der Waals surface area contributed by atoms with Crippen LogP contribution in [0.2, 0.25) is 0 Å². The van der Waals surface area contributed by atoms with Crippen molar-refractivity contribution in [3.8, 4) is 0 Å². The number of nitrogens with one attached hydrogen (secondary N) is 2. The Balaban J connectivity index is 3.74. The number of carbonyl (C=O) groups is 1. The van der Waals surface area contributed by atoms with Crippen molar-refractivity contribution in [3.05, 3.63) is 0 Å². The number of nitrogens with two attached hydrogens (primary N) is 1. The fraction of sp³-hybridized carbons (Fsp3) is 0.857. The van der Waals surface area contributed by atoms with Crippen LogP contribution in [0.3, 0.4) is 0 Å². The first-order valence-electron chi connectivity index (χ1n) is 4.73. The summed E-state index contributed by atoms with van der Waals surface area (Å²) in [5.41, 5.74) is 5.16. The molecule has 0 heterocycles. The lowest BCUT2D eigenvalue weighted by atomic mass is 10.7. The molecule has 0 aliphatic heterocycles. The summed E-state index contributed by atoms with van der Waals surface area (Å²) in [6.45, 7) is 2.62. The maximum Gasteiger partial charge on any atom is 0.421 e. The lowest BCUT2D eigenvalue weighted by molar-refractivity contribution is 0.146. The summed E-state index contributed by atoms with van der Waals surface area (Å²) >= 11 is 0. The minimum atomic E-state index is -3.88. The Hall–Kier alpha value is -0.900. The molecule has 0 aliphatic carbocycles. The van der Waals surface area contributed by atoms with Crippen molar-refractivity contribution < 1.29 is 22.7 Å². The standard InChI is InChI=1S/C7H17N3O5S/c1-2-15-7(11)10-16(12,13)9-4-6-14-5-3-8/h9H,2-6,8H2,1H3,(H,10,11). The van der Waals surface area contributed by atoms with Gasteiger partial charge in [0.1, 0.15) is 0 Å². The third-order valence-electron chi connectivity index (χ3n) is 1.29. The number of carbonyl (C=O) groups excluding carboxylic acids is 1. The summed E-state index contributed by atoms with van der Waals surface area (Å²) in [5.74, 6) is 0. The van der Waals surface area contributed by atoms with Crippen molar-refractivity contribution in [1.29, 1.82) is 0 Å². The van der Waals surface area contributed by atoms with E-state index in [0.29, 0.717) is 13.2 Å². The highest BCUT2D eigenvalue weighted by molar-refractivity contribution is 7.88. The van der Waals surface area contributed by atoms with Gasteiger partial charge in [0, 0.05) is 13.1 Å². The smallest absolute Gasteiger partial charge is 0.421 e. The first-order chi connectivity index (χ1) is 7.52. The molecular formula is C7H17N3O5S. The van der Waals surface area contributed by atoms with E-state index in [1.807, 2.05) is 0 Å². The SMILES string of the molecule is CCOC(=O)NS(=O)(=O)NCCOCCN. The number of rotatable bonds is 8. The van der Waals surface area contributed by atoms with Crippen LogP contribution >= 0.6 is 0 Å². The second-order valence-electron chi connectivity index (χ2n) is 2.62. The topological polar surface area (TPSA) is 120 Å². The van der Waals surface area contributed by atoms with Crippen molar-refractivity contribution in [2.24, 2.45) is 5.73 Å². The highest BCUT2D eigenvalue weighted by Crippen LogP contribution is 1.82. The third-order valence-corrected chi connectivity index (χ3v) is 2.31. The number of amides is 1. The second-order valence-corrected chi connectivity index (χ2v) is 4.12. The molecule has 0 fully saturated rings. The molecule has 0 spiro atoms. The van der Waals surface area contributed by atoms with Crippen LogP contribution in [0.1, 0.15) is 6.92 Å².